The molecule has 0 bridgehead atoms. The number of aliphatic carboxylic acids is 1. The van der Waals surface area contributed by atoms with Gasteiger partial charge in [0.05, 0.1) is 6.54 Å². The van der Waals surface area contributed by atoms with Crippen LogP contribution in [0.25, 0.3) is 0 Å². The Labute approximate surface area is 107 Å². The summed E-state index contributed by atoms with van der Waals surface area (Å²) in [5.74, 6) is -1.53. The summed E-state index contributed by atoms with van der Waals surface area (Å²) >= 11 is 0. The van der Waals surface area contributed by atoms with Gasteiger partial charge in [0.15, 0.2) is 0 Å². The minimum atomic E-state index is -1.08. The first-order chi connectivity index (χ1) is 8.29. The molecule has 0 spiro atoms. The molecule has 0 aliphatic carbocycles. The Morgan fingerprint density at radius 2 is 1.83 bits per heavy atom. The van der Waals surface area contributed by atoms with Gasteiger partial charge in [0, 0.05) is 14.1 Å². The molecule has 0 aliphatic rings. The highest BCUT2D eigenvalue weighted by Gasteiger charge is 2.25. The molecule has 0 saturated heterocycles. The number of carboxylic acid groups (broad SMARTS) is 1. The lowest BCUT2D eigenvalue weighted by Gasteiger charge is -2.20. The molecule has 0 heterocycles. The molecule has 0 aromatic heterocycles. The van der Waals surface area contributed by atoms with E-state index in [0.717, 1.165) is 0 Å². The van der Waals surface area contributed by atoms with Gasteiger partial charge in [0.2, 0.25) is 5.91 Å². The summed E-state index contributed by atoms with van der Waals surface area (Å²) in [6.07, 6.45) is 0.633. The zero-order valence-electron chi connectivity index (χ0n) is 11.2. The predicted octanol–water partition coefficient (Wildman–Crippen LogP) is -0.127. The van der Waals surface area contributed by atoms with E-state index < -0.39 is 18.0 Å². The third kappa shape index (κ3) is 5.51. The molecule has 18 heavy (non-hydrogen) atoms. The monoisotopic (exact) mass is 259 g/mol. The van der Waals surface area contributed by atoms with Gasteiger partial charge in [0.1, 0.15) is 6.04 Å². The predicted molar refractivity (Wildman–Crippen MR) is 66.1 cm³/mol. The maximum absolute atomic E-state index is 11.4. The number of carboxylic acids is 1. The van der Waals surface area contributed by atoms with Gasteiger partial charge >= 0.3 is 12.0 Å². The zero-order valence-corrected chi connectivity index (χ0v) is 11.2. The molecule has 7 nitrogen and oxygen atoms in total. The Balaban J connectivity index is 4.27. The number of urea groups is 1. The van der Waals surface area contributed by atoms with Crippen LogP contribution < -0.4 is 10.6 Å². The van der Waals surface area contributed by atoms with Crippen molar-refractivity contribution in [2.24, 2.45) is 5.92 Å². The van der Waals surface area contributed by atoms with E-state index in [4.69, 9.17) is 5.11 Å². The van der Waals surface area contributed by atoms with Crippen LogP contribution in [-0.4, -0.2) is 54.6 Å². The van der Waals surface area contributed by atoms with Gasteiger partial charge in [-0.2, -0.15) is 0 Å². The molecule has 0 saturated carbocycles. The van der Waals surface area contributed by atoms with E-state index in [0.29, 0.717) is 6.42 Å². The lowest BCUT2D eigenvalue weighted by molar-refractivity contribution is -0.140. The Kier molecular flexibility index (Phi) is 6.77. The highest BCUT2D eigenvalue weighted by molar-refractivity contribution is 5.86. The van der Waals surface area contributed by atoms with Gasteiger partial charge < -0.3 is 20.6 Å². The van der Waals surface area contributed by atoms with Gasteiger partial charge in [-0.3, -0.25) is 4.79 Å². The van der Waals surface area contributed by atoms with Crippen LogP contribution in [0, 0.1) is 5.92 Å². The van der Waals surface area contributed by atoms with Crippen LogP contribution in [0.4, 0.5) is 4.79 Å². The van der Waals surface area contributed by atoms with Crippen molar-refractivity contribution < 1.29 is 19.5 Å². The minimum absolute atomic E-state index is 0.161. The van der Waals surface area contributed by atoms with Crippen LogP contribution >= 0.6 is 0 Å². The van der Waals surface area contributed by atoms with Crippen molar-refractivity contribution in [2.75, 3.05) is 20.6 Å². The van der Waals surface area contributed by atoms with Gasteiger partial charge in [-0.15, -0.1) is 0 Å². The number of carbonyl (C=O) groups excluding carboxylic acids is 2. The van der Waals surface area contributed by atoms with Crippen LogP contribution in [-0.2, 0) is 9.59 Å². The molecule has 0 radical (unpaired) electrons. The number of nitrogens with zero attached hydrogens (tertiary/aromatic N) is 1. The van der Waals surface area contributed by atoms with E-state index in [2.05, 4.69) is 10.6 Å². The number of likely N-dealkylation sites (N-methyl/N-ethyl adjacent to an activating group) is 1. The highest BCUT2D eigenvalue weighted by atomic mass is 16.4. The highest BCUT2D eigenvalue weighted by Crippen LogP contribution is 2.07. The molecular formula is C11H21N3O4. The summed E-state index contributed by atoms with van der Waals surface area (Å²) in [6.45, 7) is 3.42. The maximum atomic E-state index is 11.4. The Morgan fingerprint density at radius 1 is 1.28 bits per heavy atom. The summed E-state index contributed by atoms with van der Waals surface area (Å²) in [6, 6.07) is -1.61. The second kappa shape index (κ2) is 7.52. The summed E-state index contributed by atoms with van der Waals surface area (Å²) in [7, 11) is 3.14. The Hall–Kier alpha value is -1.79. The SMILES string of the molecule is CC[C@H](C)[C@H](NC(=O)NCC(=O)N(C)C)C(=O)O. The summed E-state index contributed by atoms with van der Waals surface area (Å²) in [4.78, 5) is 35.0. The second-order valence-corrected chi connectivity index (χ2v) is 4.32. The molecular weight excluding hydrogens is 238 g/mol. The molecule has 7 heteroatoms. The molecule has 3 amide bonds. The molecule has 0 unspecified atom stereocenters. The van der Waals surface area contributed by atoms with Crippen molar-refractivity contribution >= 4 is 17.9 Å². The smallest absolute Gasteiger partial charge is 0.326 e. The lowest BCUT2D eigenvalue weighted by atomic mass is 9.99. The quantitative estimate of drug-likeness (QED) is 0.619. The molecule has 0 aromatic carbocycles. The Bertz CT molecular complexity index is 317. The van der Waals surface area contributed by atoms with Crippen LogP contribution in [0.3, 0.4) is 0 Å². The van der Waals surface area contributed by atoms with E-state index in [1.165, 1.54) is 4.90 Å². The molecule has 0 aromatic rings. The van der Waals surface area contributed by atoms with Crippen molar-refractivity contribution in [3.05, 3.63) is 0 Å². The molecule has 3 N–H and O–H groups in total. The Morgan fingerprint density at radius 3 is 2.22 bits per heavy atom. The molecule has 2 atom stereocenters. The summed E-state index contributed by atoms with van der Waals surface area (Å²) < 4.78 is 0. The molecule has 0 fully saturated rings. The van der Waals surface area contributed by atoms with Crippen LogP contribution in [0.2, 0.25) is 0 Å². The van der Waals surface area contributed by atoms with E-state index in [-0.39, 0.29) is 18.4 Å². The van der Waals surface area contributed by atoms with E-state index >= 15 is 0 Å². The van der Waals surface area contributed by atoms with Crippen molar-refractivity contribution in [3.8, 4) is 0 Å². The average Bonchev–Trinajstić information content (AvgIpc) is 2.31. The normalized spacial score (nSPS) is 13.3. The zero-order chi connectivity index (χ0) is 14.3. The average molecular weight is 259 g/mol. The third-order valence-electron chi connectivity index (χ3n) is 2.66. The second-order valence-electron chi connectivity index (χ2n) is 4.32. The molecule has 0 aliphatic heterocycles. The number of nitrogens with one attached hydrogen (secondary N) is 2. The topological polar surface area (TPSA) is 98.7 Å². The fourth-order valence-corrected chi connectivity index (χ4v) is 1.19. The van der Waals surface area contributed by atoms with E-state index in [1.54, 1.807) is 21.0 Å². The third-order valence-corrected chi connectivity index (χ3v) is 2.66. The first-order valence-corrected chi connectivity index (χ1v) is 5.76. The number of amides is 3. The fraction of sp³-hybridized carbons (Fsp3) is 0.727. The minimum Gasteiger partial charge on any atom is -0.480 e. The van der Waals surface area contributed by atoms with Gasteiger partial charge in [0.25, 0.3) is 0 Å². The molecule has 104 valence electrons. The van der Waals surface area contributed by atoms with Crippen molar-refractivity contribution in [2.45, 2.75) is 26.3 Å². The first-order valence-electron chi connectivity index (χ1n) is 5.76. The molecule has 0 rings (SSSR count). The van der Waals surface area contributed by atoms with Gasteiger partial charge in [-0.05, 0) is 5.92 Å². The van der Waals surface area contributed by atoms with Crippen molar-refractivity contribution in [3.63, 3.8) is 0 Å². The van der Waals surface area contributed by atoms with E-state index in [9.17, 15) is 14.4 Å². The van der Waals surface area contributed by atoms with Crippen LogP contribution in [0.1, 0.15) is 20.3 Å². The van der Waals surface area contributed by atoms with Gasteiger partial charge in [-0.25, -0.2) is 9.59 Å². The van der Waals surface area contributed by atoms with Crippen LogP contribution in [0.5, 0.6) is 0 Å². The largest absolute Gasteiger partial charge is 0.480 e. The lowest BCUT2D eigenvalue weighted by Crippen LogP contribution is -2.50. The van der Waals surface area contributed by atoms with Crippen molar-refractivity contribution in [1.82, 2.24) is 15.5 Å². The summed E-state index contributed by atoms with van der Waals surface area (Å²) in [5.41, 5.74) is 0. The standard InChI is InChI=1S/C11H21N3O4/c1-5-7(2)9(10(16)17)13-11(18)12-6-8(15)14(3)4/h7,9H,5-6H2,1-4H3,(H,16,17)(H2,12,13,18)/t7-,9-/m0/s1. The number of rotatable bonds is 6. The van der Waals surface area contributed by atoms with Crippen molar-refractivity contribution in [1.29, 1.82) is 0 Å². The first kappa shape index (κ1) is 16.2. The van der Waals surface area contributed by atoms with Gasteiger partial charge in [-0.1, -0.05) is 20.3 Å². The van der Waals surface area contributed by atoms with E-state index in [1.807, 2.05) is 6.92 Å². The fourth-order valence-electron chi connectivity index (χ4n) is 1.19. The number of carbonyl (C=O) groups is 3. The number of hydrogen-bond donors (Lipinski definition) is 3. The maximum Gasteiger partial charge on any atom is 0.326 e. The van der Waals surface area contributed by atoms with Crippen LogP contribution in [0.15, 0.2) is 0 Å². The number of hydrogen-bond acceptors (Lipinski definition) is 3. The summed E-state index contributed by atoms with van der Waals surface area (Å²) in [5, 5.41) is 13.6.